The number of aryl methyl sites for hydroxylation is 7. The van der Waals surface area contributed by atoms with Crippen LogP contribution in [0.15, 0.2) is 190 Å². The molecule has 0 saturated heterocycles. The van der Waals surface area contributed by atoms with E-state index in [1.165, 1.54) is 57.2 Å². The molecule has 0 aliphatic rings. The van der Waals surface area contributed by atoms with Crippen LogP contribution in [0.4, 0.5) is 34.1 Å². The van der Waals surface area contributed by atoms with Gasteiger partial charge in [0.2, 0.25) is 0 Å². The zero-order valence-corrected chi connectivity index (χ0v) is 43.9. The molecule has 0 fully saturated rings. The van der Waals surface area contributed by atoms with Gasteiger partial charge >= 0.3 is 23.9 Å². The van der Waals surface area contributed by atoms with Gasteiger partial charge in [-0.1, -0.05) is 111 Å². The molecule has 10 nitrogen and oxygen atoms in total. The lowest BCUT2D eigenvalue weighted by Gasteiger charge is -2.26. The minimum Gasteiger partial charge on any atom is -0.463 e. The largest absolute Gasteiger partial charge is 0.463 e. The van der Waals surface area contributed by atoms with Crippen molar-refractivity contribution in [1.82, 2.24) is 0 Å². The molecule has 0 spiro atoms. The van der Waals surface area contributed by atoms with Crippen LogP contribution in [0.5, 0.6) is 0 Å². The number of rotatable bonds is 24. The lowest BCUT2D eigenvalue weighted by molar-refractivity contribution is -0.138. The highest BCUT2D eigenvalue weighted by molar-refractivity contribution is 5.82. The van der Waals surface area contributed by atoms with Crippen LogP contribution in [-0.4, -0.2) is 50.3 Å². The van der Waals surface area contributed by atoms with Crippen LogP contribution in [-0.2, 0) is 57.4 Å². The van der Waals surface area contributed by atoms with Crippen molar-refractivity contribution in [2.45, 2.75) is 79.6 Å². The molecule has 0 heterocycles. The molecule has 10 heteroatoms. The first-order valence-electron chi connectivity index (χ1n) is 25.0. The molecule has 0 aliphatic heterocycles. The van der Waals surface area contributed by atoms with Crippen molar-refractivity contribution in [2.75, 3.05) is 36.2 Å². The van der Waals surface area contributed by atoms with Crippen molar-refractivity contribution in [3.8, 4) is 0 Å². The summed E-state index contributed by atoms with van der Waals surface area (Å²) >= 11 is 0. The molecule has 0 amide bonds. The number of anilines is 6. The van der Waals surface area contributed by atoms with Crippen LogP contribution in [0.25, 0.3) is 0 Å². The second-order valence-electron chi connectivity index (χ2n) is 17.4. The predicted octanol–water partition coefficient (Wildman–Crippen LogP) is 14.7. The third kappa shape index (κ3) is 20.1. The van der Waals surface area contributed by atoms with Crippen molar-refractivity contribution in [3.05, 3.63) is 229 Å². The summed E-state index contributed by atoms with van der Waals surface area (Å²) in [5.41, 5.74) is 15.2. The van der Waals surface area contributed by atoms with E-state index in [0.717, 1.165) is 85.1 Å². The van der Waals surface area contributed by atoms with Crippen LogP contribution in [0, 0.1) is 27.7 Å². The van der Waals surface area contributed by atoms with Gasteiger partial charge in [0.05, 0.1) is 26.4 Å². The number of nitrogens with zero attached hydrogens (tertiary/aromatic N) is 2. The van der Waals surface area contributed by atoms with Gasteiger partial charge in [0.15, 0.2) is 0 Å². The van der Waals surface area contributed by atoms with Crippen LogP contribution >= 0.6 is 0 Å². The quantitative estimate of drug-likeness (QED) is 0.0251. The number of carbonyl (C=O) groups excluding carboxylic acids is 4. The maximum absolute atomic E-state index is 11.2. The lowest BCUT2D eigenvalue weighted by Crippen LogP contribution is -2.10. The number of hydrogen-bond donors (Lipinski definition) is 0. The molecule has 0 atom stereocenters. The minimum absolute atomic E-state index is 0.341. The molecular formula is C64H72N2O8. The number of hydrogen-bond acceptors (Lipinski definition) is 10. The molecule has 6 aromatic rings. The molecule has 0 bridgehead atoms. The zero-order valence-electron chi connectivity index (χ0n) is 43.9. The monoisotopic (exact) mass is 997 g/mol. The van der Waals surface area contributed by atoms with E-state index in [1.54, 1.807) is 0 Å². The van der Waals surface area contributed by atoms with Gasteiger partial charge in [-0.05, 0) is 173 Å². The normalized spacial score (nSPS) is 10.2. The van der Waals surface area contributed by atoms with Crippen molar-refractivity contribution in [1.29, 1.82) is 0 Å². The molecule has 6 rings (SSSR count). The summed E-state index contributed by atoms with van der Waals surface area (Å²) in [5.74, 6) is -1.48. The molecule has 0 aromatic heterocycles. The fourth-order valence-corrected chi connectivity index (χ4v) is 7.37. The first kappa shape index (κ1) is 58.3. The first-order valence-corrected chi connectivity index (χ1v) is 25.0. The molecule has 0 radical (unpaired) electrons. The Balaban J connectivity index is 0.000000285. The SMILES string of the molecule is C=CC(=O)OCCC.C=CC(=O)OCCCc1ccc(N(c2ccc(C)cc2)c2ccc(C)cc2)cc1.C=CC(=O)OCCCc1ccc(N(c2ccc(CCCOC(=O)C=C)cc2)c2ccc(C)c(C)c2)cc1. The Morgan fingerprint density at radius 1 is 0.378 bits per heavy atom. The molecular weight excluding hydrogens is 925 g/mol. The molecule has 0 saturated carbocycles. The van der Waals surface area contributed by atoms with Gasteiger partial charge < -0.3 is 28.7 Å². The Morgan fingerprint density at radius 3 is 0.932 bits per heavy atom. The van der Waals surface area contributed by atoms with Gasteiger partial charge in [-0.3, -0.25) is 0 Å². The fraction of sp³-hybridized carbons (Fsp3) is 0.250. The standard InChI is InChI=1S/C32H35NO4.C26H27NO2.C6H10O2/c1-5-31(34)36-21-7-9-26-12-17-28(18-13-26)33(30-16-11-24(3)25(4)23-30)29-19-14-27(15-20-29)10-8-22-37-32(35)6-2;1-4-26(28)29-19-5-6-22-11-17-25(18-12-22)27(23-13-7-20(2)8-14-23)24-15-9-21(3)10-16-24;1-3-5-8-6(7)4-2/h5-6,11-20,23H,1-2,7-10,21-22H2,3-4H3;4,7-18H,1,5-6,19H2,2-3H3;4H,2-3,5H2,1H3. The average molecular weight is 997 g/mol. The second-order valence-corrected chi connectivity index (χ2v) is 17.4. The number of esters is 4. The van der Waals surface area contributed by atoms with Gasteiger partial charge in [-0.15, -0.1) is 0 Å². The third-order valence-corrected chi connectivity index (χ3v) is 11.6. The highest BCUT2D eigenvalue weighted by atomic mass is 16.5. The Morgan fingerprint density at radius 2 is 0.649 bits per heavy atom. The Labute approximate surface area is 439 Å². The van der Waals surface area contributed by atoms with Crippen molar-refractivity contribution in [3.63, 3.8) is 0 Å². The number of ether oxygens (including phenoxy) is 4. The predicted molar refractivity (Wildman–Crippen MR) is 301 cm³/mol. The Kier molecular flexibility index (Phi) is 25.2. The van der Waals surface area contributed by atoms with Gasteiger partial charge in [-0.25, -0.2) is 19.2 Å². The maximum atomic E-state index is 11.2. The van der Waals surface area contributed by atoms with E-state index >= 15 is 0 Å². The summed E-state index contributed by atoms with van der Waals surface area (Å²) in [6, 6.07) is 49.2. The molecule has 74 heavy (non-hydrogen) atoms. The van der Waals surface area contributed by atoms with E-state index in [0.29, 0.717) is 26.4 Å². The van der Waals surface area contributed by atoms with Crippen LogP contribution in [0.2, 0.25) is 0 Å². The smallest absolute Gasteiger partial charge is 0.330 e. The minimum atomic E-state index is -0.387. The van der Waals surface area contributed by atoms with E-state index in [-0.39, 0.29) is 23.9 Å². The van der Waals surface area contributed by atoms with E-state index in [4.69, 9.17) is 14.2 Å². The van der Waals surface area contributed by atoms with Crippen LogP contribution in [0.3, 0.4) is 0 Å². The number of benzene rings is 6. The van der Waals surface area contributed by atoms with Gasteiger partial charge in [0.1, 0.15) is 0 Å². The van der Waals surface area contributed by atoms with E-state index in [9.17, 15) is 19.2 Å². The molecule has 0 aliphatic carbocycles. The summed E-state index contributed by atoms with van der Waals surface area (Å²) in [5, 5.41) is 0. The lowest BCUT2D eigenvalue weighted by atomic mass is 10.1. The van der Waals surface area contributed by atoms with Crippen molar-refractivity contribution >= 4 is 58.0 Å². The Hall–Kier alpha value is -8.24. The Bertz CT molecular complexity index is 2610. The first-order chi connectivity index (χ1) is 35.8. The highest BCUT2D eigenvalue weighted by Crippen LogP contribution is 2.37. The molecule has 6 aromatic carbocycles. The molecule has 386 valence electrons. The van der Waals surface area contributed by atoms with Gasteiger partial charge in [0, 0.05) is 58.4 Å². The fourth-order valence-electron chi connectivity index (χ4n) is 7.37. The summed E-state index contributed by atoms with van der Waals surface area (Å²) < 4.78 is 19.8. The van der Waals surface area contributed by atoms with Gasteiger partial charge in [0.25, 0.3) is 0 Å². The van der Waals surface area contributed by atoms with Crippen LogP contribution in [0.1, 0.15) is 71.6 Å². The van der Waals surface area contributed by atoms with Crippen molar-refractivity contribution in [2.24, 2.45) is 0 Å². The van der Waals surface area contributed by atoms with E-state index in [1.807, 2.05) is 6.92 Å². The van der Waals surface area contributed by atoms with Crippen molar-refractivity contribution < 1.29 is 38.1 Å². The average Bonchev–Trinajstić information content (AvgIpc) is 3.42. The zero-order chi connectivity index (χ0) is 53.7. The third-order valence-electron chi connectivity index (χ3n) is 11.6. The van der Waals surface area contributed by atoms with Crippen LogP contribution < -0.4 is 9.80 Å². The highest BCUT2D eigenvalue weighted by Gasteiger charge is 2.15. The molecule has 0 N–H and O–H groups in total. The summed E-state index contributed by atoms with van der Waals surface area (Å²) in [7, 11) is 0. The van der Waals surface area contributed by atoms with E-state index < -0.39 is 0 Å². The molecule has 0 unspecified atom stereocenters. The number of carbonyl (C=O) groups is 4. The summed E-state index contributed by atoms with van der Waals surface area (Å²) in [6.07, 6.45) is 10.4. The topological polar surface area (TPSA) is 112 Å². The summed E-state index contributed by atoms with van der Waals surface area (Å²) in [6.45, 7) is 25.5. The maximum Gasteiger partial charge on any atom is 0.330 e. The van der Waals surface area contributed by atoms with E-state index in [2.05, 4.69) is 208 Å². The summed E-state index contributed by atoms with van der Waals surface area (Å²) in [4.78, 5) is 48.3. The second kappa shape index (κ2) is 32.0. The van der Waals surface area contributed by atoms with Gasteiger partial charge in [-0.2, -0.15) is 0 Å².